The SMILES string of the molecule is Cc1c(N)c(Cl)c(Cl)c(Cl)c1Cl. The topological polar surface area (TPSA) is 26.0 Å². The molecule has 1 aromatic rings. The molecule has 0 bridgehead atoms. The van der Waals surface area contributed by atoms with Gasteiger partial charge in [-0.3, -0.25) is 0 Å². The summed E-state index contributed by atoms with van der Waals surface area (Å²) in [5.41, 5.74) is 6.61. The van der Waals surface area contributed by atoms with E-state index < -0.39 is 0 Å². The highest BCUT2D eigenvalue weighted by Gasteiger charge is 2.14. The van der Waals surface area contributed by atoms with Crippen molar-refractivity contribution in [1.82, 2.24) is 0 Å². The minimum absolute atomic E-state index is 0.200. The van der Waals surface area contributed by atoms with Gasteiger partial charge in [0.15, 0.2) is 0 Å². The van der Waals surface area contributed by atoms with Crippen molar-refractivity contribution in [2.75, 3.05) is 5.73 Å². The third-order valence-electron chi connectivity index (χ3n) is 1.55. The van der Waals surface area contributed by atoms with Crippen LogP contribution in [0.15, 0.2) is 0 Å². The van der Waals surface area contributed by atoms with E-state index >= 15 is 0 Å². The zero-order chi connectivity index (χ0) is 9.46. The second kappa shape index (κ2) is 3.51. The average molecular weight is 245 g/mol. The number of halogens is 4. The maximum absolute atomic E-state index is 5.81. The van der Waals surface area contributed by atoms with Crippen molar-refractivity contribution < 1.29 is 0 Å². The molecule has 0 radical (unpaired) electrons. The summed E-state index contributed by atoms with van der Waals surface area (Å²) in [4.78, 5) is 0. The first-order valence-corrected chi connectivity index (χ1v) is 4.56. The van der Waals surface area contributed by atoms with E-state index in [1.165, 1.54) is 0 Å². The summed E-state index contributed by atoms with van der Waals surface area (Å²) in [5.74, 6) is 0. The molecule has 1 nitrogen and oxygen atoms in total. The second-order valence-corrected chi connectivity index (χ2v) is 3.81. The van der Waals surface area contributed by atoms with Crippen LogP contribution in [0.25, 0.3) is 0 Å². The van der Waals surface area contributed by atoms with Gasteiger partial charge in [-0.2, -0.15) is 0 Å². The highest BCUT2D eigenvalue weighted by atomic mass is 35.5. The third kappa shape index (κ3) is 1.47. The van der Waals surface area contributed by atoms with Crippen molar-refractivity contribution >= 4 is 52.1 Å². The second-order valence-electron chi connectivity index (χ2n) is 2.29. The van der Waals surface area contributed by atoms with E-state index in [1.54, 1.807) is 6.92 Å². The van der Waals surface area contributed by atoms with Crippen molar-refractivity contribution in [1.29, 1.82) is 0 Å². The molecule has 0 saturated carbocycles. The number of anilines is 1. The molecule has 12 heavy (non-hydrogen) atoms. The van der Waals surface area contributed by atoms with Crippen LogP contribution in [0, 0.1) is 6.92 Å². The van der Waals surface area contributed by atoms with Gasteiger partial charge in [0.05, 0.1) is 25.8 Å². The molecular formula is C7H5Cl4N. The number of rotatable bonds is 0. The largest absolute Gasteiger partial charge is 0.397 e. The summed E-state index contributed by atoms with van der Waals surface area (Å²) in [5, 5.41) is 1.05. The molecule has 0 atom stereocenters. The van der Waals surface area contributed by atoms with Crippen LogP contribution in [-0.2, 0) is 0 Å². The lowest BCUT2D eigenvalue weighted by Crippen LogP contribution is -1.93. The lowest BCUT2D eigenvalue weighted by molar-refractivity contribution is 1.47. The fourth-order valence-corrected chi connectivity index (χ4v) is 1.72. The summed E-state index contributed by atoms with van der Waals surface area (Å²) in [6.45, 7) is 1.73. The van der Waals surface area contributed by atoms with Gasteiger partial charge in [-0.25, -0.2) is 0 Å². The Bertz CT molecular complexity index is 230. The molecule has 0 spiro atoms. The maximum atomic E-state index is 5.81. The van der Waals surface area contributed by atoms with Crippen LogP contribution in [0.3, 0.4) is 0 Å². The molecule has 1 rings (SSSR count). The van der Waals surface area contributed by atoms with Crippen LogP contribution >= 0.6 is 46.4 Å². The third-order valence-corrected chi connectivity index (χ3v) is 3.46. The van der Waals surface area contributed by atoms with Crippen LogP contribution in [0.4, 0.5) is 5.69 Å². The molecule has 0 aliphatic carbocycles. The quantitative estimate of drug-likeness (QED) is 0.414. The molecule has 0 amide bonds. The molecule has 0 fully saturated rings. The minimum atomic E-state index is 0.200. The highest BCUT2D eigenvalue weighted by Crippen LogP contribution is 2.42. The Balaban J connectivity index is 3.60. The van der Waals surface area contributed by atoms with Gasteiger partial charge in [0.1, 0.15) is 0 Å². The standard InChI is InChI=1S/C7H5Cl4N/c1-2-3(8)4(9)5(10)6(11)7(2)12/h12H2,1H3. The predicted molar refractivity (Wildman–Crippen MR) is 55.6 cm³/mol. The van der Waals surface area contributed by atoms with E-state index in [4.69, 9.17) is 52.1 Å². The first-order chi connectivity index (χ1) is 5.46. The van der Waals surface area contributed by atoms with Gasteiger partial charge < -0.3 is 5.73 Å². The first kappa shape index (κ1) is 10.3. The van der Waals surface area contributed by atoms with E-state index in [-0.39, 0.29) is 15.1 Å². The van der Waals surface area contributed by atoms with Gasteiger partial charge in [0.2, 0.25) is 0 Å². The monoisotopic (exact) mass is 243 g/mol. The van der Waals surface area contributed by atoms with Gasteiger partial charge >= 0.3 is 0 Å². The molecule has 0 saturated heterocycles. The van der Waals surface area contributed by atoms with E-state index in [0.717, 1.165) is 0 Å². The van der Waals surface area contributed by atoms with E-state index in [0.29, 0.717) is 16.3 Å². The summed E-state index contributed by atoms with van der Waals surface area (Å²) in [7, 11) is 0. The predicted octanol–water partition coefficient (Wildman–Crippen LogP) is 4.19. The molecule has 1 aromatic carbocycles. The van der Waals surface area contributed by atoms with Crippen molar-refractivity contribution in [3.63, 3.8) is 0 Å². The molecular weight excluding hydrogens is 240 g/mol. The first-order valence-electron chi connectivity index (χ1n) is 3.04. The molecule has 0 aliphatic heterocycles. The lowest BCUT2D eigenvalue weighted by Gasteiger charge is -2.09. The average Bonchev–Trinajstić information content (AvgIpc) is 2.08. The number of nitrogen functional groups attached to an aromatic ring is 1. The molecule has 0 heterocycles. The minimum Gasteiger partial charge on any atom is -0.397 e. The molecule has 0 aromatic heterocycles. The number of hydrogen-bond acceptors (Lipinski definition) is 1. The fourth-order valence-electron chi connectivity index (χ4n) is 0.758. The van der Waals surface area contributed by atoms with E-state index in [9.17, 15) is 0 Å². The Kier molecular flexibility index (Phi) is 3.00. The van der Waals surface area contributed by atoms with Crippen molar-refractivity contribution in [2.45, 2.75) is 6.92 Å². The molecule has 66 valence electrons. The zero-order valence-corrected chi connectivity index (χ0v) is 9.11. The Morgan fingerprint density at radius 1 is 0.833 bits per heavy atom. The molecule has 0 unspecified atom stereocenters. The Labute approximate surface area is 90.3 Å². The van der Waals surface area contributed by atoms with Gasteiger partial charge in [-0.1, -0.05) is 46.4 Å². The van der Waals surface area contributed by atoms with Crippen molar-refractivity contribution in [2.24, 2.45) is 0 Å². The summed E-state index contributed by atoms with van der Waals surface area (Å²) >= 11 is 23.1. The van der Waals surface area contributed by atoms with Crippen molar-refractivity contribution in [3.8, 4) is 0 Å². The Morgan fingerprint density at radius 3 is 1.75 bits per heavy atom. The number of nitrogens with two attached hydrogens (primary N) is 1. The molecule has 2 N–H and O–H groups in total. The highest BCUT2D eigenvalue weighted by molar-refractivity contribution is 6.53. The normalized spacial score (nSPS) is 10.4. The number of hydrogen-bond donors (Lipinski definition) is 1. The lowest BCUT2D eigenvalue weighted by atomic mass is 10.2. The van der Waals surface area contributed by atoms with Crippen LogP contribution in [-0.4, -0.2) is 0 Å². The van der Waals surface area contributed by atoms with Crippen LogP contribution in [0.5, 0.6) is 0 Å². The van der Waals surface area contributed by atoms with Crippen LogP contribution in [0.1, 0.15) is 5.56 Å². The van der Waals surface area contributed by atoms with Gasteiger partial charge in [-0.15, -0.1) is 0 Å². The summed E-state index contributed by atoms with van der Waals surface area (Å²) < 4.78 is 0. The van der Waals surface area contributed by atoms with Crippen LogP contribution in [0.2, 0.25) is 20.1 Å². The van der Waals surface area contributed by atoms with Gasteiger partial charge in [0, 0.05) is 0 Å². The maximum Gasteiger partial charge on any atom is 0.0840 e. The van der Waals surface area contributed by atoms with Gasteiger partial charge in [-0.05, 0) is 12.5 Å². The van der Waals surface area contributed by atoms with Gasteiger partial charge in [0.25, 0.3) is 0 Å². The Morgan fingerprint density at radius 2 is 1.25 bits per heavy atom. The van der Waals surface area contributed by atoms with Crippen LogP contribution < -0.4 is 5.73 Å². The van der Waals surface area contributed by atoms with E-state index in [1.807, 2.05) is 0 Å². The summed E-state index contributed by atoms with van der Waals surface area (Å²) in [6, 6.07) is 0. The zero-order valence-electron chi connectivity index (χ0n) is 6.09. The smallest absolute Gasteiger partial charge is 0.0840 e. The molecule has 0 aliphatic rings. The molecule has 5 heteroatoms. The number of benzene rings is 1. The fraction of sp³-hybridized carbons (Fsp3) is 0.143. The Hall–Kier alpha value is 0.180. The van der Waals surface area contributed by atoms with Crippen molar-refractivity contribution in [3.05, 3.63) is 25.7 Å². The van der Waals surface area contributed by atoms with E-state index in [2.05, 4.69) is 0 Å². The summed E-state index contributed by atoms with van der Waals surface area (Å²) in [6.07, 6.45) is 0.